The van der Waals surface area contributed by atoms with E-state index in [0.717, 1.165) is 44.6 Å². The molecule has 0 aliphatic carbocycles. The molecule has 0 aliphatic rings. The molecule has 0 radical (unpaired) electrons. The van der Waals surface area contributed by atoms with Crippen molar-refractivity contribution in [3.63, 3.8) is 0 Å². The molecule has 0 spiro atoms. The molecule has 12 aromatic rings. The van der Waals surface area contributed by atoms with E-state index in [0.29, 0.717) is 0 Å². The third kappa shape index (κ3) is 5.29. The number of aromatic nitrogens is 1. The number of hydrogen-bond acceptors (Lipinski definition) is 2. The predicted molar refractivity (Wildman–Crippen MR) is 248 cm³/mol. The van der Waals surface area contributed by atoms with Crippen LogP contribution in [0.3, 0.4) is 0 Å². The molecule has 0 amide bonds. The first kappa shape index (κ1) is 33.3. The summed E-state index contributed by atoms with van der Waals surface area (Å²) in [6.07, 6.45) is 2.23. The van der Waals surface area contributed by atoms with Crippen molar-refractivity contribution >= 4 is 77.0 Å². The van der Waals surface area contributed by atoms with Crippen molar-refractivity contribution in [2.24, 2.45) is 0 Å². The fraction of sp³-hybridized carbons (Fsp3) is 0. The van der Waals surface area contributed by atoms with Crippen molar-refractivity contribution in [2.45, 2.75) is 0 Å². The van der Waals surface area contributed by atoms with E-state index in [1.54, 1.807) is 0 Å². The Morgan fingerprint density at radius 1 is 0.373 bits per heavy atom. The van der Waals surface area contributed by atoms with Crippen LogP contribution in [0.25, 0.3) is 93.3 Å². The van der Waals surface area contributed by atoms with E-state index in [-0.39, 0.29) is 0 Å². The van der Waals surface area contributed by atoms with Gasteiger partial charge in [0.05, 0.1) is 22.1 Å². The quantitative estimate of drug-likeness (QED) is 0.169. The third-order valence-electron chi connectivity index (χ3n) is 12.0. The first-order valence-electron chi connectivity index (χ1n) is 20.2. The molecule has 12 rings (SSSR count). The van der Waals surface area contributed by atoms with Crippen LogP contribution < -0.4 is 4.90 Å². The van der Waals surface area contributed by atoms with Crippen LogP contribution in [0.15, 0.2) is 223 Å². The van der Waals surface area contributed by atoms with Crippen LogP contribution >= 0.6 is 0 Å². The smallest absolute Gasteiger partial charge is 0.137 e. The lowest BCUT2D eigenvalue weighted by Crippen LogP contribution is -2.10. The molecule has 0 saturated heterocycles. The standard InChI is InChI=1S/C56H36N2O/c1-2-15-41(16-3-1)53-55-46(22-11-23-49(55)57-36-35-38-14-5-7-19-47(38)56(53)57)40-29-33-43(34-30-40)58(50-24-12-26-52-54(50)48-20-8-9-25-51(48)59-52)42-31-27-39(28-32-42)45-21-10-17-37-13-4-6-18-44(37)45/h1-36H. The van der Waals surface area contributed by atoms with E-state index in [2.05, 4.69) is 222 Å². The fourth-order valence-electron chi connectivity index (χ4n) is 9.35. The van der Waals surface area contributed by atoms with Crippen LogP contribution in [-0.2, 0) is 0 Å². The largest absolute Gasteiger partial charge is 0.456 e. The Balaban J connectivity index is 1.05. The van der Waals surface area contributed by atoms with E-state index in [1.165, 1.54) is 65.8 Å². The van der Waals surface area contributed by atoms with Gasteiger partial charge in [-0.3, -0.25) is 0 Å². The molecular weight excluding hydrogens is 717 g/mol. The molecule has 0 atom stereocenters. The summed E-state index contributed by atoms with van der Waals surface area (Å²) in [6.45, 7) is 0. The number of pyridine rings is 1. The summed E-state index contributed by atoms with van der Waals surface area (Å²) < 4.78 is 8.79. The van der Waals surface area contributed by atoms with Gasteiger partial charge < -0.3 is 13.7 Å². The van der Waals surface area contributed by atoms with Gasteiger partial charge in [-0.2, -0.15) is 0 Å². The van der Waals surface area contributed by atoms with E-state index >= 15 is 0 Å². The van der Waals surface area contributed by atoms with Gasteiger partial charge in [0.2, 0.25) is 0 Å². The number of benzene rings is 9. The van der Waals surface area contributed by atoms with Gasteiger partial charge in [-0.05, 0) is 98.6 Å². The summed E-state index contributed by atoms with van der Waals surface area (Å²) in [5.41, 5.74) is 14.6. The molecule has 9 aromatic carbocycles. The van der Waals surface area contributed by atoms with Gasteiger partial charge >= 0.3 is 0 Å². The molecule has 0 bridgehead atoms. The molecule has 3 heteroatoms. The second kappa shape index (κ2) is 13.4. The molecule has 3 nitrogen and oxygen atoms in total. The molecule has 3 aromatic heterocycles. The van der Waals surface area contributed by atoms with Gasteiger partial charge in [0, 0.05) is 39.3 Å². The Morgan fingerprint density at radius 2 is 0.949 bits per heavy atom. The average Bonchev–Trinajstić information content (AvgIpc) is 3.87. The molecule has 0 saturated carbocycles. The van der Waals surface area contributed by atoms with Gasteiger partial charge in [-0.25, -0.2) is 0 Å². The number of nitrogens with zero attached hydrogens (tertiary/aromatic N) is 2. The summed E-state index contributed by atoms with van der Waals surface area (Å²) in [7, 11) is 0. The molecule has 0 N–H and O–H groups in total. The van der Waals surface area contributed by atoms with E-state index in [9.17, 15) is 0 Å². The van der Waals surface area contributed by atoms with Gasteiger partial charge in [0.15, 0.2) is 0 Å². The maximum absolute atomic E-state index is 6.42. The lowest BCUT2D eigenvalue weighted by atomic mass is 9.94. The zero-order chi connectivity index (χ0) is 38.9. The van der Waals surface area contributed by atoms with E-state index < -0.39 is 0 Å². The topological polar surface area (TPSA) is 20.8 Å². The predicted octanol–water partition coefficient (Wildman–Crippen LogP) is 15.8. The van der Waals surface area contributed by atoms with Crippen LogP contribution in [0.4, 0.5) is 17.1 Å². The minimum absolute atomic E-state index is 0.867. The number of furan rings is 1. The first-order valence-corrected chi connectivity index (χ1v) is 20.2. The molecular formula is C56H36N2O. The number of hydrogen-bond donors (Lipinski definition) is 0. The normalized spacial score (nSPS) is 11.7. The molecule has 3 heterocycles. The zero-order valence-corrected chi connectivity index (χ0v) is 32.1. The van der Waals surface area contributed by atoms with E-state index in [4.69, 9.17) is 4.42 Å². The highest BCUT2D eigenvalue weighted by Crippen LogP contribution is 2.46. The minimum atomic E-state index is 0.867. The number of para-hydroxylation sites is 1. The number of anilines is 3. The molecule has 59 heavy (non-hydrogen) atoms. The van der Waals surface area contributed by atoms with Gasteiger partial charge in [-0.1, -0.05) is 158 Å². The van der Waals surface area contributed by atoms with Crippen LogP contribution in [-0.4, -0.2) is 4.40 Å². The average molecular weight is 753 g/mol. The Labute approximate surface area is 341 Å². The lowest BCUT2D eigenvalue weighted by molar-refractivity contribution is 0.669. The van der Waals surface area contributed by atoms with Gasteiger partial charge in [0.1, 0.15) is 11.2 Å². The molecule has 0 fully saturated rings. The van der Waals surface area contributed by atoms with Crippen molar-refractivity contribution in [3.8, 4) is 33.4 Å². The fourth-order valence-corrected chi connectivity index (χ4v) is 9.35. The van der Waals surface area contributed by atoms with Crippen LogP contribution in [0, 0.1) is 0 Å². The molecule has 0 aliphatic heterocycles. The third-order valence-corrected chi connectivity index (χ3v) is 12.0. The van der Waals surface area contributed by atoms with Crippen molar-refractivity contribution in [1.29, 1.82) is 0 Å². The van der Waals surface area contributed by atoms with Gasteiger partial charge in [-0.15, -0.1) is 0 Å². The Bertz CT molecular complexity index is 3540. The Hall–Kier alpha value is -7.88. The first-order chi connectivity index (χ1) is 29.3. The number of rotatable bonds is 6. The van der Waals surface area contributed by atoms with Crippen molar-refractivity contribution < 1.29 is 4.42 Å². The monoisotopic (exact) mass is 752 g/mol. The second-order valence-electron chi connectivity index (χ2n) is 15.3. The second-order valence-corrected chi connectivity index (χ2v) is 15.3. The number of fused-ring (bicyclic) bond motifs is 9. The molecule has 276 valence electrons. The van der Waals surface area contributed by atoms with Crippen LogP contribution in [0.2, 0.25) is 0 Å². The highest BCUT2D eigenvalue weighted by atomic mass is 16.3. The van der Waals surface area contributed by atoms with Crippen molar-refractivity contribution in [2.75, 3.05) is 4.90 Å². The summed E-state index contributed by atoms with van der Waals surface area (Å²) in [5, 5.41) is 8.40. The summed E-state index contributed by atoms with van der Waals surface area (Å²) in [6, 6.07) is 76.4. The minimum Gasteiger partial charge on any atom is -0.456 e. The summed E-state index contributed by atoms with van der Waals surface area (Å²) in [5.74, 6) is 0. The zero-order valence-electron chi connectivity index (χ0n) is 32.1. The van der Waals surface area contributed by atoms with Crippen LogP contribution in [0.1, 0.15) is 0 Å². The van der Waals surface area contributed by atoms with Crippen molar-refractivity contribution in [3.05, 3.63) is 219 Å². The molecule has 0 unspecified atom stereocenters. The summed E-state index contributed by atoms with van der Waals surface area (Å²) in [4.78, 5) is 2.37. The highest BCUT2D eigenvalue weighted by Gasteiger charge is 2.22. The maximum atomic E-state index is 6.42. The van der Waals surface area contributed by atoms with Crippen molar-refractivity contribution in [1.82, 2.24) is 4.40 Å². The SMILES string of the molecule is c1ccc(-c2c3c(-c4ccc(N(c5ccc(-c6cccc7ccccc67)cc5)c5cccc6oc7ccccc7c56)cc4)cccc3n3ccc4ccccc4c23)cc1. The Kier molecular flexibility index (Phi) is 7.54. The van der Waals surface area contributed by atoms with E-state index in [1.807, 2.05) is 6.07 Å². The summed E-state index contributed by atoms with van der Waals surface area (Å²) >= 11 is 0. The highest BCUT2D eigenvalue weighted by molar-refractivity contribution is 6.19. The van der Waals surface area contributed by atoms with Gasteiger partial charge in [0.25, 0.3) is 0 Å². The lowest BCUT2D eigenvalue weighted by Gasteiger charge is -2.27. The Morgan fingerprint density at radius 3 is 1.73 bits per heavy atom. The van der Waals surface area contributed by atoms with Crippen LogP contribution in [0.5, 0.6) is 0 Å². The maximum Gasteiger partial charge on any atom is 0.137 e.